The second kappa shape index (κ2) is 5.36. The van der Waals surface area contributed by atoms with Crippen LogP contribution in [0.15, 0.2) is 29.4 Å². The van der Waals surface area contributed by atoms with Crippen molar-refractivity contribution in [3.63, 3.8) is 0 Å². The van der Waals surface area contributed by atoms with Crippen molar-refractivity contribution < 1.29 is 13.2 Å². The zero-order chi connectivity index (χ0) is 14.0. The minimum atomic E-state index is -3.94. The first-order chi connectivity index (χ1) is 8.88. The first kappa shape index (κ1) is 14.1. The monoisotopic (exact) mass is 321 g/mol. The number of aryl methyl sites for hydroxylation is 1. The van der Waals surface area contributed by atoms with Gasteiger partial charge < -0.3 is 9.30 Å². The highest BCUT2D eigenvalue weighted by atomic mass is 35.7. The average molecular weight is 322 g/mol. The van der Waals surface area contributed by atoms with Gasteiger partial charge in [0.25, 0.3) is 9.05 Å². The van der Waals surface area contributed by atoms with E-state index in [0.717, 1.165) is 0 Å². The summed E-state index contributed by atoms with van der Waals surface area (Å²) in [5.74, 6) is 0.662. The summed E-state index contributed by atoms with van der Waals surface area (Å²) in [6.45, 7) is 0.0670. The Hall–Kier alpha value is -1.31. The van der Waals surface area contributed by atoms with Crippen LogP contribution in [-0.2, 0) is 22.7 Å². The van der Waals surface area contributed by atoms with Gasteiger partial charge in [0.1, 0.15) is 23.6 Å². The third-order valence-electron chi connectivity index (χ3n) is 2.33. The normalized spacial score (nSPS) is 11.5. The fourth-order valence-electron chi connectivity index (χ4n) is 1.37. The van der Waals surface area contributed by atoms with E-state index in [-0.39, 0.29) is 22.3 Å². The van der Waals surface area contributed by atoms with Crippen LogP contribution in [0.3, 0.4) is 0 Å². The third kappa shape index (κ3) is 3.37. The molecule has 19 heavy (non-hydrogen) atoms. The molecule has 0 aliphatic rings. The van der Waals surface area contributed by atoms with Crippen LogP contribution in [0.5, 0.6) is 5.75 Å². The van der Waals surface area contributed by atoms with E-state index in [1.54, 1.807) is 11.6 Å². The number of nitrogens with zero attached hydrogens (tertiary/aromatic N) is 3. The molecule has 0 atom stereocenters. The lowest BCUT2D eigenvalue weighted by molar-refractivity contribution is 0.284. The Morgan fingerprint density at radius 1 is 1.42 bits per heavy atom. The summed E-state index contributed by atoms with van der Waals surface area (Å²) in [4.78, 5) is -0.177. The molecule has 6 nitrogen and oxygen atoms in total. The molecule has 0 spiro atoms. The number of aromatic nitrogens is 3. The van der Waals surface area contributed by atoms with Gasteiger partial charge in [-0.2, -0.15) is 0 Å². The van der Waals surface area contributed by atoms with Crippen molar-refractivity contribution in [3.8, 4) is 5.75 Å². The SMILES string of the molecule is Cn1cnnc1COc1ccc(Cl)cc1S(=O)(=O)Cl. The lowest BCUT2D eigenvalue weighted by Crippen LogP contribution is -2.05. The Morgan fingerprint density at radius 2 is 2.16 bits per heavy atom. The van der Waals surface area contributed by atoms with Gasteiger partial charge in [-0.05, 0) is 18.2 Å². The highest BCUT2D eigenvalue weighted by Crippen LogP contribution is 2.30. The number of benzene rings is 1. The molecular weight excluding hydrogens is 313 g/mol. The van der Waals surface area contributed by atoms with Crippen LogP contribution in [0, 0.1) is 0 Å². The Morgan fingerprint density at radius 3 is 2.74 bits per heavy atom. The van der Waals surface area contributed by atoms with Crippen molar-refractivity contribution in [1.82, 2.24) is 14.8 Å². The quantitative estimate of drug-likeness (QED) is 0.805. The van der Waals surface area contributed by atoms with Crippen LogP contribution in [-0.4, -0.2) is 23.2 Å². The van der Waals surface area contributed by atoms with E-state index in [0.29, 0.717) is 5.82 Å². The minimum Gasteiger partial charge on any atom is -0.484 e. The molecule has 2 aromatic rings. The lowest BCUT2D eigenvalue weighted by Gasteiger charge is -2.09. The molecule has 0 amide bonds. The second-order valence-electron chi connectivity index (χ2n) is 3.68. The van der Waals surface area contributed by atoms with Crippen LogP contribution in [0.2, 0.25) is 5.02 Å². The number of hydrogen-bond donors (Lipinski definition) is 0. The highest BCUT2D eigenvalue weighted by Gasteiger charge is 2.18. The average Bonchev–Trinajstić information content (AvgIpc) is 2.72. The molecule has 102 valence electrons. The molecule has 0 saturated carbocycles. The zero-order valence-electron chi connectivity index (χ0n) is 9.75. The van der Waals surface area contributed by atoms with Gasteiger partial charge in [0.2, 0.25) is 0 Å². The molecule has 0 aliphatic carbocycles. The Labute approximate surface area is 119 Å². The van der Waals surface area contributed by atoms with Crippen molar-refractivity contribution in [2.45, 2.75) is 11.5 Å². The van der Waals surface area contributed by atoms with Crippen LogP contribution in [0.1, 0.15) is 5.82 Å². The second-order valence-corrected chi connectivity index (χ2v) is 6.65. The maximum atomic E-state index is 11.4. The summed E-state index contributed by atoms with van der Waals surface area (Å²) in [6, 6.07) is 4.18. The predicted molar refractivity (Wildman–Crippen MR) is 69.8 cm³/mol. The van der Waals surface area contributed by atoms with Gasteiger partial charge in [0, 0.05) is 22.8 Å². The molecule has 0 bridgehead atoms. The summed E-state index contributed by atoms with van der Waals surface area (Å²) in [5.41, 5.74) is 0. The molecule has 2 rings (SSSR count). The molecule has 1 aromatic heterocycles. The first-order valence-corrected chi connectivity index (χ1v) is 7.76. The number of halogens is 2. The Kier molecular flexibility index (Phi) is 3.98. The number of hydrogen-bond acceptors (Lipinski definition) is 5. The molecule has 1 aromatic carbocycles. The van der Waals surface area contributed by atoms with Crippen molar-refractivity contribution in [3.05, 3.63) is 35.4 Å². The van der Waals surface area contributed by atoms with Crippen LogP contribution in [0.25, 0.3) is 0 Å². The maximum absolute atomic E-state index is 11.4. The molecule has 0 N–H and O–H groups in total. The largest absolute Gasteiger partial charge is 0.484 e. The highest BCUT2D eigenvalue weighted by molar-refractivity contribution is 8.13. The third-order valence-corrected chi connectivity index (χ3v) is 3.91. The van der Waals surface area contributed by atoms with E-state index in [4.69, 9.17) is 27.0 Å². The molecule has 9 heteroatoms. The van der Waals surface area contributed by atoms with Crippen molar-refractivity contribution in [2.24, 2.45) is 7.05 Å². The van der Waals surface area contributed by atoms with Crippen LogP contribution < -0.4 is 4.74 Å². The van der Waals surface area contributed by atoms with Gasteiger partial charge in [0.15, 0.2) is 5.82 Å². The van der Waals surface area contributed by atoms with Gasteiger partial charge in [-0.3, -0.25) is 0 Å². The van der Waals surface area contributed by atoms with Gasteiger partial charge in [0.05, 0.1) is 0 Å². The molecular formula is C10H9Cl2N3O3S. The van der Waals surface area contributed by atoms with E-state index in [1.165, 1.54) is 24.5 Å². The van der Waals surface area contributed by atoms with E-state index >= 15 is 0 Å². The summed E-state index contributed by atoms with van der Waals surface area (Å²) in [5, 5.41) is 7.76. The summed E-state index contributed by atoms with van der Waals surface area (Å²) < 4.78 is 29.9. The molecule has 0 unspecified atom stereocenters. The standard InChI is InChI=1S/C10H9Cl2N3O3S/c1-15-6-13-14-10(15)5-18-8-3-2-7(11)4-9(8)19(12,16)17/h2-4,6H,5H2,1H3. The molecule has 0 fully saturated rings. The van der Waals surface area contributed by atoms with Crippen LogP contribution >= 0.6 is 22.3 Å². The summed E-state index contributed by atoms with van der Waals surface area (Å²) in [7, 11) is 3.14. The topological polar surface area (TPSA) is 74.1 Å². The van der Waals surface area contributed by atoms with Crippen molar-refractivity contribution in [2.75, 3.05) is 0 Å². The fraction of sp³-hybridized carbons (Fsp3) is 0.200. The fourth-order valence-corrected chi connectivity index (χ4v) is 2.61. The van der Waals surface area contributed by atoms with E-state index in [2.05, 4.69) is 10.2 Å². The van der Waals surface area contributed by atoms with Gasteiger partial charge in [-0.15, -0.1) is 10.2 Å². The van der Waals surface area contributed by atoms with E-state index in [1.807, 2.05) is 0 Å². The molecule has 0 aliphatic heterocycles. The Balaban J connectivity index is 2.28. The zero-order valence-corrected chi connectivity index (χ0v) is 12.1. The minimum absolute atomic E-state index is 0.0670. The first-order valence-electron chi connectivity index (χ1n) is 5.08. The summed E-state index contributed by atoms with van der Waals surface area (Å²) in [6.07, 6.45) is 1.51. The van der Waals surface area contributed by atoms with Crippen molar-refractivity contribution >= 4 is 31.3 Å². The Bertz CT molecular complexity index is 700. The number of ether oxygens (including phenoxy) is 1. The maximum Gasteiger partial charge on any atom is 0.265 e. The number of rotatable bonds is 4. The van der Waals surface area contributed by atoms with Gasteiger partial charge >= 0.3 is 0 Å². The summed E-state index contributed by atoms with van der Waals surface area (Å²) >= 11 is 5.74. The van der Waals surface area contributed by atoms with Gasteiger partial charge in [-0.1, -0.05) is 11.6 Å². The molecule has 1 heterocycles. The predicted octanol–water partition coefficient (Wildman–Crippen LogP) is 1.97. The van der Waals surface area contributed by atoms with Crippen LogP contribution in [0.4, 0.5) is 0 Å². The lowest BCUT2D eigenvalue weighted by atomic mass is 10.3. The molecule has 0 radical (unpaired) electrons. The van der Waals surface area contributed by atoms with E-state index < -0.39 is 9.05 Å². The smallest absolute Gasteiger partial charge is 0.265 e. The van der Waals surface area contributed by atoms with Gasteiger partial charge in [-0.25, -0.2) is 8.42 Å². The van der Waals surface area contributed by atoms with E-state index in [9.17, 15) is 8.42 Å². The molecule has 0 saturated heterocycles. The van der Waals surface area contributed by atoms with Crippen molar-refractivity contribution in [1.29, 1.82) is 0 Å².